The van der Waals surface area contributed by atoms with Gasteiger partial charge in [0.25, 0.3) is 0 Å². The Balaban J connectivity index is 0.000000209. The maximum Gasteiger partial charge on any atom is 0.0530 e. The van der Waals surface area contributed by atoms with Crippen molar-refractivity contribution in [3.63, 3.8) is 0 Å². The average Bonchev–Trinajstić information content (AvgIpc) is 4.25. The Morgan fingerprint density at radius 3 is 1.02 bits per heavy atom. The van der Waals surface area contributed by atoms with Gasteiger partial charge < -0.3 is 39.8 Å². The molecule has 0 fully saturated rings. The van der Waals surface area contributed by atoms with Crippen molar-refractivity contribution in [1.29, 1.82) is 0 Å². The molecule has 8 aromatic rings. The molecule has 2 aliphatic rings. The summed E-state index contributed by atoms with van der Waals surface area (Å²) in [5, 5.41) is 16.6. The minimum absolute atomic E-state index is 0. The first kappa shape index (κ1) is 65.8. The van der Waals surface area contributed by atoms with Crippen LogP contribution in [-0.2, 0) is 61.9 Å². The summed E-state index contributed by atoms with van der Waals surface area (Å²) in [5.41, 5.74) is 4.56. The van der Waals surface area contributed by atoms with Crippen molar-refractivity contribution in [3.8, 4) is 45.6 Å². The van der Waals surface area contributed by atoms with E-state index in [0.29, 0.717) is 46.1 Å². The smallest absolute Gasteiger partial charge is 0.0530 e. The van der Waals surface area contributed by atoms with Gasteiger partial charge in [0.05, 0.1) is 11.4 Å². The van der Waals surface area contributed by atoms with Gasteiger partial charge in [-0.05, 0) is 96.0 Å². The molecule has 0 spiro atoms. The van der Waals surface area contributed by atoms with Crippen LogP contribution in [0.2, 0.25) is 0 Å². The molecule has 4 aromatic carbocycles. The van der Waals surface area contributed by atoms with E-state index in [1.165, 1.54) is 24.3 Å². The van der Waals surface area contributed by atoms with Crippen molar-refractivity contribution in [2.24, 2.45) is 0 Å². The van der Waals surface area contributed by atoms with Crippen molar-refractivity contribution in [3.05, 3.63) is 205 Å². The van der Waals surface area contributed by atoms with E-state index in [-0.39, 0.29) is 84.6 Å². The third-order valence-electron chi connectivity index (χ3n) is 11.9. The molecule has 12 nitrogen and oxygen atoms in total. The molecule has 82 heavy (non-hydrogen) atoms. The van der Waals surface area contributed by atoms with Crippen LogP contribution in [0, 0.1) is 72.5 Å². The molecular formula is C62H62F6Ir2N12-8. The molecule has 438 valence electrons. The van der Waals surface area contributed by atoms with Gasteiger partial charge in [0, 0.05) is 97.6 Å². The third-order valence-corrected chi connectivity index (χ3v) is 11.9. The van der Waals surface area contributed by atoms with Gasteiger partial charge in [0.15, 0.2) is 0 Å². The molecule has 0 aliphatic carbocycles. The van der Waals surface area contributed by atoms with Gasteiger partial charge in [-0.1, -0.05) is 118 Å². The van der Waals surface area contributed by atoms with Crippen LogP contribution in [0.5, 0.6) is 0 Å². The summed E-state index contributed by atoms with van der Waals surface area (Å²) in [5.74, 6) is -1.32. The van der Waals surface area contributed by atoms with Gasteiger partial charge >= 0.3 is 0 Å². The summed E-state index contributed by atoms with van der Waals surface area (Å²) in [7, 11) is 3.86. The van der Waals surface area contributed by atoms with Crippen LogP contribution in [0.1, 0.15) is 106 Å². The van der Waals surface area contributed by atoms with Crippen LogP contribution < -0.4 is 20.0 Å². The second-order valence-corrected chi connectivity index (χ2v) is 23.0. The SMILES string of the molecule is CC(C)(C)c1cc(-c2nc(C(C)(C)C)n[n-]2)nc(-c2[c-]cc(F)cc2F)c1.CC(C)(C)c1cc(-c2nc(C(C)(C)C)n[n-]2)nc(-c2[c-]cc(F)cc2F)c1.CN1C=CN(c2[c-]cc(F)cc2)[CH-]1.CN1C=CN(c2[c-]cc(F)cc2)[CH-]1.[Ir].[Ir]. The van der Waals surface area contributed by atoms with E-state index in [2.05, 4.69) is 64.6 Å². The Morgan fingerprint density at radius 1 is 0.415 bits per heavy atom. The van der Waals surface area contributed by atoms with E-state index >= 15 is 0 Å². The summed E-state index contributed by atoms with van der Waals surface area (Å²) in [6, 6.07) is 31.0. The number of aromatic nitrogens is 8. The normalized spacial score (nSPS) is 13.1. The monoisotopic (exact) mass is 1470 g/mol. The Bertz CT molecular complexity index is 3240. The van der Waals surface area contributed by atoms with Gasteiger partial charge in [-0.3, -0.25) is 46.5 Å². The summed E-state index contributed by atoms with van der Waals surface area (Å²) in [4.78, 5) is 25.6. The number of hydrogen-bond acceptors (Lipinski definition) is 10. The zero-order chi connectivity index (χ0) is 58.5. The second kappa shape index (κ2) is 26.9. The van der Waals surface area contributed by atoms with Crippen LogP contribution in [0.25, 0.3) is 45.6 Å². The van der Waals surface area contributed by atoms with Gasteiger partial charge in [-0.15, -0.1) is 72.0 Å². The van der Waals surface area contributed by atoms with Crippen LogP contribution in [0.15, 0.2) is 110 Å². The van der Waals surface area contributed by atoms with Crippen molar-refractivity contribution in [2.75, 3.05) is 23.9 Å². The Labute approximate surface area is 504 Å². The first-order valence-electron chi connectivity index (χ1n) is 25.4. The molecule has 0 bridgehead atoms. The van der Waals surface area contributed by atoms with Crippen molar-refractivity contribution >= 4 is 11.4 Å². The number of halogens is 6. The van der Waals surface area contributed by atoms with Gasteiger partial charge in [0.2, 0.25) is 0 Å². The molecule has 0 N–H and O–H groups in total. The summed E-state index contributed by atoms with van der Waals surface area (Å²) in [6.07, 6.45) is 7.61. The molecule has 20 heteroatoms. The number of hydrogen-bond donors (Lipinski definition) is 0. The number of rotatable bonds is 6. The molecule has 0 unspecified atom stereocenters. The number of benzene rings is 4. The van der Waals surface area contributed by atoms with E-state index in [4.69, 9.17) is 0 Å². The quantitative estimate of drug-likeness (QED) is 0.116. The molecule has 2 radical (unpaired) electrons. The summed E-state index contributed by atoms with van der Waals surface area (Å²) < 4.78 is 80.3. The Kier molecular flexibility index (Phi) is 21.6. The first-order chi connectivity index (χ1) is 37.4. The van der Waals surface area contributed by atoms with E-state index in [0.717, 1.165) is 46.8 Å². The molecule has 0 amide bonds. The van der Waals surface area contributed by atoms with Crippen LogP contribution in [0.3, 0.4) is 0 Å². The second-order valence-electron chi connectivity index (χ2n) is 23.0. The number of nitrogens with zero attached hydrogens (tertiary/aromatic N) is 12. The van der Waals surface area contributed by atoms with Crippen LogP contribution in [-0.4, -0.2) is 54.0 Å². The van der Waals surface area contributed by atoms with E-state index in [1.807, 2.05) is 167 Å². The topological polar surface area (TPSA) is 118 Å². The molecule has 0 saturated heterocycles. The largest absolute Gasteiger partial charge is 0.510 e. The molecule has 4 aromatic heterocycles. The zero-order valence-electron chi connectivity index (χ0n) is 47.8. The summed E-state index contributed by atoms with van der Waals surface area (Å²) in [6.45, 7) is 28.1. The van der Waals surface area contributed by atoms with E-state index in [1.54, 1.807) is 24.3 Å². The van der Waals surface area contributed by atoms with Crippen molar-refractivity contribution in [1.82, 2.24) is 50.1 Å². The standard InChI is InChI=1S/2C21H22F2N4.2C10H9FN2.2Ir/c2*1-20(2,3)12-9-16(14-8-7-13(22)11-15(14)23)24-17(10-12)18-25-19(27-26-18)21(4,5)6;2*1-12-6-7-13(8-12)10-4-2-9(11)3-5-10;;/h2*7,9-11H,1-6H3;2*2-4,6-8H,1H3;;/q4*-2;;. The number of pyridine rings is 2. The maximum absolute atomic E-state index is 14.3. The van der Waals surface area contributed by atoms with Crippen molar-refractivity contribution < 1.29 is 66.6 Å². The molecule has 0 atom stereocenters. The maximum atomic E-state index is 14.3. The fraction of sp³-hybridized carbons (Fsp3) is 0.290. The molecule has 6 heterocycles. The molecule has 10 rings (SSSR count). The summed E-state index contributed by atoms with van der Waals surface area (Å²) >= 11 is 0. The minimum Gasteiger partial charge on any atom is -0.510 e. The molecule has 2 aliphatic heterocycles. The molecule has 0 saturated carbocycles. The minimum atomic E-state index is -0.712. The van der Waals surface area contributed by atoms with Gasteiger partial charge in [-0.2, -0.15) is 25.5 Å². The van der Waals surface area contributed by atoms with Crippen molar-refractivity contribution in [2.45, 2.75) is 105 Å². The van der Waals surface area contributed by atoms with E-state index in [9.17, 15) is 26.3 Å². The Morgan fingerprint density at radius 2 is 0.756 bits per heavy atom. The van der Waals surface area contributed by atoms with E-state index < -0.39 is 23.3 Å². The number of anilines is 2. The fourth-order valence-electron chi connectivity index (χ4n) is 7.33. The van der Waals surface area contributed by atoms with Crippen LogP contribution in [0.4, 0.5) is 37.7 Å². The molecular weight excluding hydrogens is 1410 g/mol. The third kappa shape index (κ3) is 17.5. The predicted octanol–water partition coefficient (Wildman–Crippen LogP) is 13.6. The Hall–Kier alpha value is -6.98. The van der Waals surface area contributed by atoms with Gasteiger partial charge in [0.1, 0.15) is 0 Å². The van der Waals surface area contributed by atoms with Crippen LogP contribution >= 0.6 is 0 Å². The predicted molar refractivity (Wildman–Crippen MR) is 298 cm³/mol. The average molecular weight is 1470 g/mol. The fourth-order valence-corrected chi connectivity index (χ4v) is 7.33. The van der Waals surface area contributed by atoms with Gasteiger partial charge in [-0.25, -0.2) is 0 Å². The first-order valence-corrected chi connectivity index (χ1v) is 25.4. The zero-order valence-corrected chi connectivity index (χ0v) is 52.6.